The van der Waals surface area contributed by atoms with Gasteiger partial charge in [0.15, 0.2) is 0 Å². The number of hydrogen-bond donors (Lipinski definition) is 1. The van der Waals surface area contributed by atoms with Crippen LogP contribution in [0.3, 0.4) is 0 Å². The molecule has 1 saturated heterocycles. The highest BCUT2D eigenvalue weighted by Crippen LogP contribution is 2.18. The van der Waals surface area contributed by atoms with Crippen LogP contribution < -0.4 is 5.32 Å². The van der Waals surface area contributed by atoms with Crippen LogP contribution in [0.4, 0.5) is 0 Å². The summed E-state index contributed by atoms with van der Waals surface area (Å²) in [6.07, 6.45) is 3.55. The highest BCUT2D eigenvalue weighted by molar-refractivity contribution is 7.89. The van der Waals surface area contributed by atoms with E-state index in [1.54, 1.807) is 4.31 Å². The molecule has 0 bridgehead atoms. The summed E-state index contributed by atoms with van der Waals surface area (Å²) < 4.78 is 25.9. The Morgan fingerprint density at radius 3 is 2.39 bits per heavy atom. The van der Waals surface area contributed by atoms with Crippen LogP contribution in [0.15, 0.2) is 0 Å². The van der Waals surface area contributed by atoms with E-state index < -0.39 is 10.0 Å². The van der Waals surface area contributed by atoms with E-state index in [1.165, 1.54) is 12.8 Å². The minimum atomic E-state index is -3.05. The molecule has 2 aliphatic rings. The summed E-state index contributed by atoms with van der Waals surface area (Å²) in [5.74, 6) is 0.247. The molecule has 0 unspecified atom stereocenters. The Labute approximate surface area is 111 Å². The maximum absolute atomic E-state index is 12.1. The van der Waals surface area contributed by atoms with Crippen LogP contribution in [0.5, 0.6) is 0 Å². The smallest absolute Gasteiger partial charge is 0.215 e. The van der Waals surface area contributed by atoms with Gasteiger partial charge >= 0.3 is 0 Å². The molecule has 2 fully saturated rings. The van der Waals surface area contributed by atoms with Crippen LogP contribution in [0.25, 0.3) is 0 Å². The van der Waals surface area contributed by atoms with Crippen LogP contribution in [-0.4, -0.2) is 68.7 Å². The van der Waals surface area contributed by atoms with Crippen molar-refractivity contribution >= 4 is 10.0 Å². The predicted octanol–water partition coefficient (Wildman–Crippen LogP) is 0.0958. The first-order valence-corrected chi connectivity index (χ1v) is 8.66. The molecular weight excluding hydrogens is 250 g/mol. The largest absolute Gasteiger partial charge is 0.313 e. The molecule has 0 spiro atoms. The summed E-state index contributed by atoms with van der Waals surface area (Å²) in [6, 6.07) is 0.585. The van der Waals surface area contributed by atoms with Crippen LogP contribution in [0, 0.1) is 0 Å². The zero-order chi connectivity index (χ0) is 13.0. The molecule has 0 aromatic heterocycles. The fourth-order valence-electron chi connectivity index (χ4n) is 2.36. The van der Waals surface area contributed by atoms with Crippen molar-refractivity contribution in [3.8, 4) is 0 Å². The summed E-state index contributed by atoms with van der Waals surface area (Å²) >= 11 is 0. The average Bonchev–Trinajstić information content (AvgIpc) is 3.14. The minimum Gasteiger partial charge on any atom is -0.313 e. The van der Waals surface area contributed by atoms with Gasteiger partial charge < -0.3 is 10.2 Å². The Hall–Kier alpha value is -0.170. The van der Waals surface area contributed by atoms with Gasteiger partial charge in [-0.05, 0) is 25.8 Å². The molecule has 0 aromatic carbocycles. The molecular formula is C12H25N3O2S. The lowest BCUT2D eigenvalue weighted by molar-refractivity contribution is 0.188. The highest BCUT2D eigenvalue weighted by atomic mass is 32.2. The molecule has 1 heterocycles. The molecule has 0 atom stereocenters. The first kappa shape index (κ1) is 14.2. The van der Waals surface area contributed by atoms with E-state index in [2.05, 4.69) is 17.1 Å². The van der Waals surface area contributed by atoms with Crippen molar-refractivity contribution in [2.75, 3.05) is 45.0 Å². The van der Waals surface area contributed by atoms with Gasteiger partial charge in [0.25, 0.3) is 0 Å². The van der Waals surface area contributed by atoms with Gasteiger partial charge in [0.05, 0.1) is 5.75 Å². The quantitative estimate of drug-likeness (QED) is 0.716. The summed E-state index contributed by atoms with van der Waals surface area (Å²) in [6.45, 7) is 6.91. The number of nitrogens with zero attached hydrogens (tertiary/aromatic N) is 2. The van der Waals surface area contributed by atoms with Crippen molar-refractivity contribution in [1.82, 2.24) is 14.5 Å². The number of nitrogens with one attached hydrogen (secondary N) is 1. The molecule has 18 heavy (non-hydrogen) atoms. The first-order chi connectivity index (χ1) is 8.62. The van der Waals surface area contributed by atoms with Gasteiger partial charge in [-0.25, -0.2) is 8.42 Å². The van der Waals surface area contributed by atoms with E-state index in [1.807, 2.05) is 0 Å². The standard InChI is InChI=1S/C12H25N3O2S/c1-2-6-14-7-9-15(10-8-14)18(16,17)11-5-13-12-3-4-12/h12-13H,2-11H2,1H3. The van der Waals surface area contributed by atoms with E-state index >= 15 is 0 Å². The minimum absolute atomic E-state index is 0.247. The van der Waals surface area contributed by atoms with E-state index in [9.17, 15) is 8.42 Å². The molecule has 106 valence electrons. The van der Waals surface area contributed by atoms with Crippen LogP contribution in [0.2, 0.25) is 0 Å². The molecule has 1 aliphatic carbocycles. The van der Waals surface area contributed by atoms with Crippen molar-refractivity contribution in [3.05, 3.63) is 0 Å². The summed E-state index contributed by atoms with van der Waals surface area (Å²) in [4.78, 5) is 2.34. The average molecular weight is 275 g/mol. The zero-order valence-corrected chi connectivity index (χ0v) is 12.1. The van der Waals surface area contributed by atoms with Gasteiger partial charge in [-0.3, -0.25) is 0 Å². The molecule has 0 radical (unpaired) electrons. The zero-order valence-electron chi connectivity index (χ0n) is 11.3. The monoisotopic (exact) mass is 275 g/mol. The van der Waals surface area contributed by atoms with Gasteiger partial charge in [-0.1, -0.05) is 6.92 Å². The topological polar surface area (TPSA) is 52.7 Å². The Bertz CT molecular complexity index is 346. The van der Waals surface area contributed by atoms with Crippen molar-refractivity contribution in [2.24, 2.45) is 0 Å². The maximum Gasteiger partial charge on any atom is 0.215 e. The third-order valence-corrected chi connectivity index (χ3v) is 5.51. The van der Waals surface area contributed by atoms with Gasteiger partial charge in [0.1, 0.15) is 0 Å². The SMILES string of the molecule is CCCN1CCN(S(=O)(=O)CCNC2CC2)CC1. The van der Waals surface area contributed by atoms with E-state index in [4.69, 9.17) is 0 Å². The van der Waals surface area contributed by atoms with Crippen LogP contribution >= 0.6 is 0 Å². The Morgan fingerprint density at radius 1 is 1.17 bits per heavy atom. The fourth-order valence-corrected chi connectivity index (χ4v) is 3.71. The second-order valence-corrected chi connectivity index (χ2v) is 7.37. The molecule has 2 rings (SSSR count). The lowest BCUT2D eigenvalue weighted by Crippen LogP contribution is -2.50. The van der Waals surface area contributed by atoms with E-state index in [0.29, 0.717) is 25.7 Å². The molecule has 6 heteroatoms. The summed E-state index contributed by atoms with van der Waals surface area (Å²) in [7, 11) is -3.05. The van der Waals surface area contributed by atoms with Crippen molar-refractivity contribution < 1.29 is 8.42 Å². The fraction of sp³-hybridized carbons (Fsp3) is 1.00. The highest BCUT2D eigenvalue weighted by Gasteiger charge is 2.27. The number of sulfonamides is 1. The molecule has 5 nitrogen and oxygen atoms in total. The molecule has 0 amide bonds. The van der Waals surface area contributed by atoms with Gasteiger partial charge in [-0.2, -0.15) is 4.31 Å². The molecule has 1 aliphatic heterocycles. The number of hydrogen-bond acceptors (Lipinski definition) is 4. The molecule has 1 saturated carbocycles. The van der Waals surface area contributed by atoms with Crippen LogP contribution in [-0.2, 0) is 10.0 Å². The van der Waals surface area contributed by atoms with Gasteiger partial charge in [0.2, 0.25) is 10.0 Å². The van der Waals surface area contributed by atoms with E-state index in [0.717, 1.165) is 26.1 Å². The van der Waals surface area contributed by atoms with Gasteiger partial charge in [0, 0.05) is 38.8 Å². The van der Waals surface area contributed by atoms with E-state index in [-0.39, 0.29) is 5.75 Å². The Balaban J connectivity index is 1.72. The lowest BCUT2D eigenvalue weighted by Gasteiger charge is -2.33. The summed E-state index contributed by atoms with van der Waals surface area (Å²) in [5.41, 5.74) is 0. The normalized spacial score (nSPS) is 23.4. The second-order valence-electron chi connectivity index (χ2n) is 5.29. The Morgan fingerprint density at radius 2 is 1.83 bits per heavy atom. The number of piperazine rings is 1. The third-order valence-electron chi connectivity index (χ3n) is 3.63. The first-order valence-electron chi connectivity index (χ1n) is 7.05. The number of rotatable bonds is 7. The maximum atomic E-state index is 12.1. The van der Waals surface area contributed by atoms with Crippen molar-refractivity contribution in [2.45, 2.75) is 32.2 Å². The van der Waals surface area contributed by atoms with Crippen LogP contribution in [0.1, 0.15) is 26.2 Å². The lowest BCUT2D eigenvalue weighted by atomic mass is 10.3. The molecule has 0 aromatic rings. The predicted molar refractivity (Wildman–Crippen MR) is 73.1 cm³/mol. The second kappa shape index (κ2) is 6.32. The third kappa shape index (κ3) is 4.19. The van der Waals surface area contributed by atoms with Gasteiger partial charge in [-0.15, -0.1) is 0 Å². The van der Waals surface area contributed by atoms with Crippen molar-refractivity contribution in [1.29, 1.82) is 0 Å². The van der Waals surface area contributed by atoms with Crippen molar-refractivity contribution in [3.63, 3.8) is 0 Å². The Kier molecular flexibility index (Phi) is 5.00. The molecule has 1 N–H and O–H groups in total. The summed E-state index contributed by atoms with van der Waals surface area (Å²) in [5, 5.41) is 3.26.